The molecule has 0 bridgehead atoms. The van der Waals surface area contributed by atoms with E-state index in [1.54, 1.807) is 147 Å². The van der Waals surface area contributed by atoms with Crippen LogP contribution in [0.3, 0.4) is 0 Å². The predicted molar refractivity (Wildman–Crippen MR) is 467 cm³/mol. The summed E-state index contributed by atoms with van der Waals surface area (Å²) in [5.74, 6) is -2.90. The minimum Gasteiger partial charge on any atom is -0.507 e. The zero-order valence-electron chi connectivity index (χ0n) is 61.6. The summed E-state index contributed by atoms with van der Waals surface area (Å²) in [5.41, 5.74) is 2.58. The normalized spacial score (nSPS) is 7.61. The van der Waals surface area contributed by atoms with E-state index in [2.05, 4.69) is 9.78 Å². The minimum atomic E-state index is -0.745. The summed E-state index contributed by atoms with van der Waals surface area (Å²) < 4.78 is 0. The van der Waals surface area contributed by atoms with Crippen LogP contribution in [-0.2, 0) is 19.4 Å². The Labute approximate surface area is 658 Å². The number of rotatable bonds is 14. The number of hydrogen-bond acceptors (Lipinski definition) is 16. The molecule has 0 fully saturated rings. The summed E-state index contributed by atoms with van der Waals surface area (Å²) in [6.45, 7) is 39.9. The number of carboxylic acids is 2. The Bertz CT molecular complexity index is 2860. The van der Waals surface area contributed by atoms with E-state index in [4.69, 9.17) is 20.7 Å². The lowest BCUT2D eigenvalue weighted by Gasteiger charge is -2.04. The minimum absolute atomic E-state index is 0. The van der Waals surface area contributed by atoms with Crippen molar-refractivity contribution in [3.8, 4) is 34.5 Å². The van der Waals surface area contributed by atoms with Crippen LogP contribution in [0.1, 0.15) is 302 Å². The number of phenols is 6. The van der Waals surface area contributed by atoms with Crippen LogP contribution in [0.4, 0.5) is 0 Å². The molecule has 0 atom stereocenters. The molecule has 0 aliphatic heterocycles. The number of carboxylic acid groups (broad SMARTS) is 2. The molecule has 108 heavy (non-hydrogen) atoms. The highest BCUT2D eigenvalue weighted by molar-refractivity contribution is 6.13. The number of carbonyl (C=O) groups is 6. The highest BCUT2D eigenvalue weighted by atomic mass is 17.1. The molecule has 10 N–H and O–H groups in total. The van der Waals surface area contributed by atoms with E-state index in [1.165, 1.54) is 60.7 Å². The molecule has 0 aliphatic rings. The van der Waals surface area contributed by atoms with E-state index in [0.29, 0.717) is 35.5 Å². The van der Waals surface area contributed by atoms with Crippen molar-refractivity contribution in [3.05, 3.63) is 251 Å². The van der Waals surface area contributed by atoms with E-state index in [1.807, 2.05) is 137 Å². The van der Waals surface area contributed by atoms with Gasteiger partial charge in [-0.1, -0.05) is 346 Å². The summed E-state index contributed by atoms with van der Waals surface area (Å²) in [7, 11) is 0. The maximum absolute atomic E-state index is 12.0. The Balaban J connectivity index is -0.0000000531. The molecule has 18 nitrogen and oxygen atoms in total. The second-order valence-corrected chi connectivity index (χ2v) is 16.3. The van der Waals surface area contributed by atoms with Gasteiger partial charge in [-0.15, -0.1) is 0 Å². The fourth-order valence-corrected chi connectivity index (χ4v) is 5.96. The number of carbonyl (C=O) groups excluding carboxylic acids is 4. The summed E-state index contributed by atoms with van der Waals surface area (Å²) in [6, 6.07) is 55.9. The van der Waals surface area contributed by atoms with Gasteiger partial charge in [0.05, 0.1) is 46.6 Å². The van der Waals surface area contributed by atoms with Gasteiger partial charge in [-0.3, -0.25) is 39.3 Å². The van der Waals surface area contributed by atoms with Crippen LogP contribution in [0.2, 0.25) is 0 Å². The summed E-state index contributed by atoms with van der Waals surface area (Å²) in [6.07, 6.45) is 2.19. The first-order valence-electron chi connectivity index (χ1n) is 33.3. The van der Waals surface area contributed by atoms with Crippen LogP contribution in [0, 0.1) is 0 Å². The standard InChI is InChI=1S/2C13H10O3.2C13H10O2.2C3H8O2.2C3H6O2.8C2H6.10CH4/c2*14-11-7-3-1-5-9(11)13(16)10-6-2-4-8-12(10)15;2*14-12-9-5-4-8-11(12)13(15)10-6-2-1-3-7-10;2*1-2-3-5-4;2*1-2-3(4)5;8*1-2;;;;;;;;;;/h2*1-8,14-15H;2*1-9,14H;2*4H,2-3H2,1H3;2*2H2,1H3,(H,4,5);8*1-2H3;10*1H4. The Kier molecular flexibility index (Phi) is 141. The smallest absolute Gasteiger partial charge is 0.303 e. The number of phenolic OH excluding ortho intramolecular Hbond substituents is 6. The fraction of sp³-hybridized carbons (Fsp3) is 0.400. The summed E-state index contributed by atoms with van der Waals surface area (Å²) in [4.78, 5) is 73.9. The SMILES string of the molecule is C.C.C.C.C.C.C.C.C.C.CC.CC.CC.CC.CC.CC.CC.CC.CCC(=O)O.CCC(=O)O.CCCOO.CCCOO.O=C(c1ccccc1)c1ccccc1O.O=C(c1ccccc1)c1ccccc1O.O=C(c1ccccc1O)c1ccccc1O.O=C(c1ccccc1O)c1ccccc1O. The van der Waals surface area contributed by atoms with Gasteiger partial charge in [-0.25, -0.2) is 9.78 Å². The van der Waals surface area contributed by atoms with E-state index < -0.39 is 23.5 Å². The van der Waals surface area contributed by atoms with Crippen molar-refractivity contribution in [2.75, 3.05) is 13.2 Å². The maximum Gasteiger partial charge on any atom is 0.303 e. The molecule has 0 amide bonds. The lowest BCUT2D eigenvalue weighted by atomic mass is 10.0. The second-order valence-electron chi connectivity index (χ2n) is 16.3. The molecule has 624 valence electrons. The van der Waals surface area contributed by atoms with E-state index >= 15 is 0 Å². The monoisotopic (exact) mass is 1530 g/mol. The number of hydrogen-bond donors (Lipinski definition) is 10. The molecule has 8 aromatic rings. The van der Waals surface area contributed by atoms with Crippen molar-refractivity contribution in [2.24, 2.45) is 0 Å². The molecule has 18 heteroatoms. The van der Waals surface area contributed by atoms with Gasteiger partial charge < -0.3 is 40.9 Å². The van der Waals surface area contributed by atoms with Gasteiger partial charge >= 0.3 is 11.9 Å². The lowest BCUT2D eigenvalue weighted by molar-refractivity contribution is -0.241. The van der Waals surface area contributed by atoms with Crippen LogP contribution in [0.15, 0.2) is 206 Å². The topological polar surface area (TPSA) is 323 Å². The van der Waals surface area contributed by atoms with Crippen molar-refractivity contribution in [3.63, 3.8) is 0 Å². The van der Waals surface area contributed by atoms with Gasteiger partial charge in [0.2, 0.25) is 0 Å². The maximum atomic E-state index is 12.0. The first-order valence-corrected chi connectivity index (χ1v) is 33.3. The van der Waals surface area contributed by atoms with Crippen molar-refractivity contribution in [1.82, 2.24) is 0 Å². The number of aliphatic carboxylic acids is 2. The molecule has 0 spiro atoms. The van der Waals surface area contributed by atoms with E-state index in [-0.39, 0.29) is 155 Å². The van der Waals surface area contributed by atoms with Gasteiger partial charge in [0.1, 0.15) is 34.5 Å². The quantitative estimate of drug-likeness (QED) is 0.0275. The third-order valence-electron chi connectivity index (χ3n) is 10.2. The van der Waals surface area contributed by atoms with Crippen LogP contribution < -0.4 is 0 Å². The molecule has 8 aromatic carbocycles. The average Bonchev–Trinajstić information content (AvgIpc) is 0.856. The van der Waals surface area contributed by atoms with Crippen molar-refractivity contribution < 1.29 is 89.9 Å². The predicted octanol–water partition coefficient (Wildman–Crippen LogP) is 27.2. The molecule has 0 aromatic heterocycles. The van der Waals surface area contributed by atoms with E-state index in [0.717, 1.165) is 12.8 Å². The van der Waals surface area contributed by atoms with Gasteiger partial charge in [0.15, 0.2) is 23.1 Å². The van der Waals surface area contributed by atoms with Gasteiger partial charge in [-0.05, 0) is 85.6 Å². The second kappa shape index (κ2) is 106. The molecular formula is C90H156O18. The van der Waals surface area contributed by atoms with Gasteiger partial charge in [0.25, 0.3) is 0 Å². The Morgan fingerprint density at radius 1 is 0.241 bits per heavy atom. The molecule has 8 rings (SSSR count). The van der Waals surface area contributed by atoms with Crippen LogP contribution in [-0.4, -0.2) is 99.7 Å². The lowest BCUT2D eigenvalue weighted by Crippen LogP contribution is -2.01. The zero-order chi connectivity index (χ0) is 77.2. The third-order valence-corrected chi connectivity index (χ3v) is 10.2. The van der Waals surface area contributed by atoms with Gasteiger partial charge in [0, 0.05) is 24.0 Å². The van der Waals surface area contributed by atoms with E-state index in [9.17, 15) is 59.4 Å². The number of aromatic hydroxyl groups is 6. The average molecular weight is 1530 g/mol. The summed E-state index contributed by atoms with van der Waals surface area (Å²) in [5, 5.41) is 87.7. The third kappa shape index (κ3) is 69.1. The number of ketones is 4. The molecule has 0 radical (unpaired) electrons. The Morgan fingerprint density at radius 3 is 0.481 bits per heavy atom. The van der Waals surface area contributed by atoms with Gasteiger partial charge in [-0.2, -0.15) is 0 Å². The molecule has 0 saturated carbocycles. The Morgan fingerprint density at radius 2 is 0.370 bits per heavy atom. The number of para-hydroxylation sites is 6. The van der Waals surface area contributed by atoms with Crippen LogP contribution in [0.25, 0.3) is 0 Å². The highest BCUT2D eigenvalue weighted by Gasteiger charge is 2.17. The molecule has 0 saturated heterocycles. The van der Waals surface area contributed by atoms with Crippen molar-refractivity contribution >= 4 is 35.1 Å². The van der Waals surface area contributed by atoms with Crippen molar-refractivity contribution in [2.45, 2.75) is 238 Å². The zero-order valence-corrected chi connectivity index (χ0v) is 61.6. The summed E-state index contributed by atoms with van der Waals surface area (Å²) >= 11 is 0. The molecule has 0 unspecified atom stereocenters. The van der Waals surface area contributed by atoms with Crippen LogP contribution in [0.5, 0.6) is 34.5 Å². The number of benzene rings is 8. The first kappa shape index (κ1) is 144. The largest absolute Gasteiger partial charge is 0.507 e. The first-order chi connectivity index (χ1) is 47.3. The highest BCUT2D eigenvalue weighted by Crippen LogP contribution is 2.26. The van der Waals surface area contributed by atoms with Crippen molar-refractivity contribution in [1.29, 1.82) is 0 Å². The Hall–Kier alpha value is -9.98. The molecule has 0 aliphatic carbocycles. The fourth-order valence-electron chi connectivity index (χ4n) is 5.96. The molecule has 0 heterocycles. The molecular weight excluding hydrogens is 1370 g/mol. The van der Waals surface area contributed by atoms with Crippen LogP contribution >= 0.6 is 0 Å².